The molecule has 51 heavy (non-hydrogen) atoms. The number of H-pyrrole nitrogens is 2. The Morgan fingerprint density at radius 1 is 0.961 bits per heavy atom. The van der Waals surface area contributed by atoms with Gasteiger partial charge in [0.25, 0.3) is 5.91 Å². The number of carbonyl (C=O) groups is 2. The smallest absolute Gasteiger partial charge is 0.317 e. The third-order valence-corrected chi connectivity index (χ3v) is 10.3. The Morgan fingerprint density at radius 2 is 1.73 bits per heavy atom. The zero-order valence-electron chi connectivity index (χ0n) is 28.0. The molecule has 0 bridgehead atoms. The first-order valence-corrected chi connectivity index (χ1v) is 17.9. The largest absolute Gasteiger partial charge is 0.353 e. The van der Waals surface area contributed by atoms with Gasteiger partial charge in [-0.25, -0.2) is 14.8 Å². The summed E-state index contributed by atoms with van der Waals surface area (Å²) in [6.45, 7) is 5.34. The number of hydrogen-bond donors (Lipinski definition) is 4. The fourth-order valence-corrected chi connectivity index (χ4v) is 7.60. The van der Waals surface area contributed by atoms with E-state index in [1.54, 1.807) is 0 Å². The Bertz CT molecular complexity index is 2220. The number of amides is 3. The van der Waals surface area contributed by atoms with Gasteiger partial charge in [0.15, 0.2) is 11.6 Å². The minimum absolute atomic E-state index is 0.00851. The summed E-state index contributed by atoms with van der Waals surface area (Å²) in [4.78, 5) is 47.3. The second-order valence-corrected chi connectivity index (χ2v) is 13.9. The number of aromatic nitrogens is 5. The van der Waals surface area contributed by atoms with Crippen LogP contribution in [-0.4, -0.2) is 73.6 Å². The molecule has 2 saturated heterocycles. The van der Waals surface area contributed by atoms with Crippen molar-refractivity contribution >= 4 is 57.7 Å². The van der Waals surface area contributed by atoms with E-state index >= 15 is 0 Å². The molecule has 6 aromatic rings. The van der Waals surface area contributed by atoms with E-state index in [9.17, 15) is 9.59 Å². The second-order valence-electron chi connectivity index (χ2n) is 13.1. The van der Waals surface area contributed by atoms with Crippen LogP contribution in [0.4, 0.5) is 16.4 Å². The molecule has 3 aromatic heterocycles. The van der Waals surface area contributed by atoms with Gasteiger partial charge in [0.05, 0.1) is 17.7 Å². The molecule has 0 atom stereocenters. The van der Waals surface area contributed by atoms with Crippen molar-refractivity contribution in [1.29, 1.82) is 0 Å². The molecule has 4 N–H and O–H groups in total. The third kappa shape index (κ3) is 6.55. The number of nitrogens with zero attached hydrogens (tertiary/aromatic N) is 5. The van der Waals surface area contributed by atoms with Gasteiger partial charge in [-0.1, -0.05) is 71.7 Å². The van der Waals surface area contributed by atoms with E-state index in [2.05, 4.69) is 30.1 Å². The lowest BCUT2D eigenvalue weighted by Crippen LogP contribution is -2.46. The first-order chi connectivity index (χ1) is 24.8. The maximum absolute atomic E-state index is 14.5. The van der Waals surface area contributed by atoms with Crippen molar-refractivity contribution < 1.29 is 9.59 Å². The standard InChI is InChI=1S/C38H37Cl2N9O2/c1-23-43-35(36(44-23)47-18-14-28(15-19-47)49-20-16-41-38(49)51)46-37(50)33-31(29-12-11-27(40)21-30(29)45-33)34-32(25-5-3-2-4-6-25)42-22-48(34)17-13-24-7-9-26(39)10-8-24/h2-12,21-22,28,45H,13-20H2,1H3,(H,41,51)(H,43,44)(H,46,50). The Morgan fingerprint density at radius 3 is 2.47 bits per heavy atom. The molecule has 0 aliphatic carbocycles. The number of piperidine rings is 1. The number of hydrogen-bond acceptors (Lipinski definition) is 5. The minimum atomic E-state index is -0.324. The lowest BCUT2D eigenvalue weighted by atomic mass is 10.0. The van der Waals surface area contributed by atoms with Crippen molar-refractivity contribution in [3.05, 3.63) is 106 Å². The van der Waals surface area contributed by atoms with Crippen LogP contribution < -0.4 is 15.5 Å². The highest BCUT2D eigenvalue weighted by molar-refractivity contribution is 6.31. The van der Waals surface area contributed by atoms with Gasteiger partial charge in [0, 0.05) is 70.8 Å². The summed E-state index contributed by atoms with van der Waals surface area (Å²) in [6.07, 6.45) is 4.22. The fourth-order valence-electron chi connectivity index (χ4n) is 7.30. The average Bonchev–Trinajstić information content (AvgIpc) is 3.93. The molecule has 3 aromatic carbocycles. The molecular weight excluding hydrogens is 685 g/mol. The zero-order chi connectivity index (χ0) is 35.1. The normalized spacial score (nSPS) is 15.2. The molecule has 11 nitrogen and oxygen atoms in total. The number of aromatic amines is 2. The number of imidazole rings is 2. The summed E-state index contributed by atoms with van der Waals surface area (Å²) in [5.41, 5.74) is 5.52. The SMILES string of the molecule is Cc1nc(N2CCC(N3CCNC3=O)CC2)c(NC(=O)c2[nH]c3cc(Cl)ccc3c2-c2c(-c3ccccc3)ncn2CCc2ccc(Cl)cc2)[nH]1. The second kappa shape index (κ2) is 13.8. The summed E-state index contributed by atoms with van der Waals surface area (Å²) < 4.78 is 2.11. The number of urea groups is 1. The van der Waals surface area contributed by atoms with Gasteiger partial charge in [-0.3, -0.25) is 4.79 Å². The lowest BCUT2D eigenvalue weighted by molar-refractivity contribution is 0.102. The number of aryl methyl sites for hydroxylation is 3. The predicted molar refractivity (Wildman–Crippen MR) is 202 cm³/mol. The minimum Gasteiger partial charge on any atom is -0.353 e. The van der Waals surface area contributed by atoms with Crippen molar-refractivity contribution in [2.24, 2.45) is 0 Å². The number of fused-ring (bicyclic) bond motifs is 1. The maximum atomic E-state index is 14.5. The topological polar surface area (TPSA) is 127 Å². The van der Waals surface area contributed by atoms with E-state index in [0.717, 1.165) is 64.8 Å². The van der Waals surface area contributed by atoms with Crippen LogP contribution in [0.3, 0.4) is 0 Å². The summed E-state index contributed by atoms with van der Waals surface area (Å²) in [5, 5.41) is 8.17. The van der Waals surface area contributed by atoms with Gasteiger partial charge < -0.3 is 35.0 Å². The van der Waals surface area contributed by atoms with Crippen molar-refractivity contribution in [2.75, 3.05) is 36.4 Å². The van der Waals surface area contributed by atoms with E-state index in [1.807, 2.05) is 90.9 Å². The molecule has 5 heterocycles. The number of nitrogens with one attached hydrogen (secondary N) is 4. The summed E-state index contributed by atoms with van der Waals surface area (Å²) >= 11 is 12.6. The molecule has 13 heteroatoms. The van der Waals surface area contributed by atoms with Crippen molar-refractivity contribution in [2.45, 2.75) is 38.8 Å². The highest BCUT2D eigenvalue weighted by atomic mass is 35.5. The molecule has 0 radical (unpaired) electrons. The number of anilines is 2. The molecule has 0 saturated carbocycles. The summed E-state index contributed by atoms with van der Waals surface area (Å²) in [5.74, 6) is 1.58. The van der Waals surface area contributed by atoms with Crippen LogP contribution in [0, 0.1) is 6.92 Å². The van der Waals surface area contributed by atoms with Crippen LogP contribution in [0.25, 0.3) is 33.4 Å². The van der Waals surface area contributed by atoms with Gasteiger partial charge in [-0.2, -0.15) is 0 Å². The summed E-state index contributed by atoms with van der Waals surface area (Å²) in [7, 11) is 0. The van der Waals surface area contributed by atoms with E-state index < -0.39 is 0 Å². The average molecular weight is 723 g/mol. The highest BCUT2D eigenvalue weighted by Gasteiger charge is 2.33. The van der Waals surface area contributed by atoms with Crippen LogP contribution in [0.5, 0.6) is 0 Å². The molecule has 0 unspecified atom stereocenters. The summed E-state index contributed by atoms with van der Waals surface area (Å²) in [6, 6.07) is 23.7. The molecule has 3 amide bonds. The van der Waals surface area contributed by atoms with Gasteiger partial charge in [0.1, 0.15) is 11.5 Å². The zero-order valence-corrected chi connectivity index (χ0v) is 29.6. The first-order valence-electron chi connectivity index (χ1n) is 17.2. The third-order valence-electron chi connectivity index (χ3n) is 9.80. The van der Waals surface area contributed by atoms with E-state index in [0.29, 0.717) is 59.4 Å². The van der Waals surface area contributed by atoms with Crippen LogP contribution >= 0.6 is 23.2 Å². The lowest BCUT2D eigenvalue weighted by Gasteiger charge is -2.36. The molecule has 2 fully saturated rings. The number of carbonyl (C=O) groups excluding carboxylic acids is 2. The van der Waals surface area contributed by atoms with Crippen LogP contribution in [0.15, 0.2) is 79.1 Å². The van der Waals surface area contributed by atoms with Crippen LogP contribution in [0.1, 0.15) is 34.7 Å². The molecule has 2 aliphatic rings. The Balaban J connectivity index is 1.15. The molecule has 260 valence electrons. The van der Waals surface area contributed by atoms with E-state index in [4.69, 9.17) is 33.2 Å². The Hall–Kier alpha value is -5.26. The number of rotatable bonds is 9. The van der Waals surface area contributed by atoms with Crippen molar-refractivity contribution in [3.63, 3.8) is 0 Å². The Labute approximate surface area is 305 Å². The molecule has 8 rings (SSSR count). The van der Waals surface area contributed by atoms with Crippen LogP contribution in [-0.2, 0) is 13.0 Å². The quantitative estimate of drug-likeness (QED) is 0.123. The van der Waals surface area contributed by atoms with Gasteiger partial charge in [0.2, 0.25) is 0 Å². The Kier molecular flexibility index (Phi) is 8.91. The van der Waals surface area contributed by atoms with Gasteiger partial charge in [-0.15, -0.1) is 0 Å². The highest BCUT2D eigenvalue weighted by Crippen LogP contribution is 2.40. The molecular formula is C38H37Cl2N9O2. The van der Waals surface area contributed by atoms with E-state index in [1.165, 1.54) is 0 Å². The predicted octanol–water partition coefficient (Wildman–Crippen LogP) is 7.53. The fraction of sp³-hybridized carbons (Fsp3) is 0.263. The maximum Gasteiger partial charge on any atom is 0.317 e. The van der Waals surface area contributed by atoms with E-state index in [-0.39, 0.29) is 18.0 Å². The van der Waals surface area contributed by atoms with Gasteiger partial charge in [-0.05, 0) is 56.0 Å². The molecule has 2 aliphatic heterocycles. The molecule has 0 spiro atoms. The van der Waals surface area contributed by atoms with Gasteiger partial charge >= 0.3 is 6.03 Å². The number of halogens is 2. The van der Waals surface area contributed by atoms with Crippen molar-refractivity contribution in [1.82, 2.24) is 34.7 Å². The first kappa shape index (κ1) is 32.9. The monoisotopic (exact) mass is 721 g/mol. The van der Waals surface area contributed by atoms with Crippen LogP contribution in [0.2, 0.25) is 10.0 Å². The van der Waals surface area contributed by atoms with Crippen molar-refractivity contribution in [3.8, 4) is 22.5 Å². The number of benzene rings is 3.